The van der Waals surface area contributed by atoms with E-state index in [1.165, 1.54) is 12.1 Å². The maximum Gasteiger partial charge on any atom is 0.227 e. The summed E-state index contributed by atoms with van der Waals surface area (Å²) in [5, 5.41) is 6.68. The summed E-state index contributed by atoms with van der Waals surface area (Å²) < 4.78 is 23.8. The van der Waals surface area contributed by atoms with Crippen LogP contribution in [0, 0.1) is 5.82 Å². The number of hydrogen-bond acceptors (Lipinski definition) is 5. The minimum Gasteiger partial charge on any atom is -0.494 e. The predicted octanol–water partition coefficient (Wildman–Crippen LogP) is 3.52. The Kier molecular flexibility index (Phi) is 6.14. The van der Waals surface area contributed by atoms with Crippen LogP contribution in [-0.2, 0) is 17.8 Å². The second kappa shape index (κ2) is 8.93. The van der Waals surface area contributed by atoms with Gasteiger partial charge in [-0.1, -0.05) is 29.4 Å². The zero-order valence-corrected chi connectivity index (χ0v) is 14.9. The fourth-order valence-corrected chi connectivity index (χ4v) is 2.52. The number of aryl methyl sites for hydroxylation is 1. The fraction of sp³-hybridized carbons (Fsp3) is 0.250. The van der Waals surface area contributed by atoms with Crippen molar-refractivity contribution >= 4 is 5.91 Å². The molecule has 0 aliphatic heterocycles. The predicted molar refractivity (Wildman–Crippen MR) is 97.5 cm³/mol. The number of nitrogens with one attached hydrogen (secondary N) is 1. The molecule has 0 spiro atoms. The third kappa shape index (κ3) is 5.37. The van der Waals surface area contributed by atoms with Crippen molar-refractivity contribution in [2.75, 3.05) is 6.61 Å². The molecule has 0 atom stereocenters. The quantitative estimate of drug-likeness (QED) is 0.657. The highest BCUT2D eigenvalue weighted by atomic mass is 19.1. The molecule has 0 bridgehead atoms. The SMILES string of the molecule is CCOc1cccc(CNC(=O)CCc2nc(-c3cccc(F)c3)no2)c1. The van der Waals surface area contributed by atoms with Gasteiger partial charge in [0, 0.05) is 24.9 Å². The number of aromatic nitrogens is 2. The van der Waals surface area contributed by atoms with Crippen molar-refractivity contribution in [2.24, 2.45) is 0 Å². The third-order valence-electron chi connectivity index (χ3n) is 3.82. The molecule has 0 aliphatic carbocycles. The maximum atomic E-state index is 13.3. The summed E-state index contributed by atoms with van der Waals surface area (Å²) in [6.07, 6.45) is 0.531. The number of nitrogens with zero attached hydrogens (tertiary/aromatic N) is 2. The van der Waals surface area contributed by atoms with Crippen molar-refractivity contribution in [1.82, 2.24) is 15.5 Å². The van der Waals surface area contributed by atoms with Crippen LogP contribution in [0.4, 0.5) is 4.39 Å². The number of amides is 1. The molecule has 0 radical (unpaired) electrons. The first-order valence-corrected chi connectivity index (χ1v) is 8.71. The van der Waals surface area contributed by atoms with Crippen LogP contribution < -0.4 is 10.1 Å². The number of rotatable bonds is 8. The number of halogens is 1. The van der Waals surface area contributed by atoms with Gasteiger partial charge >= 0.3 is 0 Å². The monoisotopic (exact) mass is 369 g/mol. The van der Waals surface area contributed by atoms with Crippen LogP contribution in [0.1, 0.15) is 24.8 Å². The Bertz CT molecular complexity index is 911. The molecule has 140 valence electrons. The van der Waals surface area contributed by atoms with E-state index in [9.17, 15) is 9.18 Å². The van der Waals surface area contributed by atoms with Crippen LogP contribution >= 0.6 is 0 Å². The van der Waals surface area contributed by atoms with Gasteiger partial charge in [0.25, 0.3) is 0 Å². The van der Waals surface area contributed by atoms with Crippen molar-refractivity contribution in [1.29, 1.82) is 0 Å². The third-order valence-corrected chi connectivity index (χ3v) is 3.82. The van der Waals surface area contributed by atoms with Crippen molar-refractivity contribution in [3.63, 3.8) is 0 Å². The second-order valence-corrected chi connectivity index (χ2v) is 5.88. The average molecular weight is 369 g/mol. The van der Waals surface area contributed by atoms with Gasteiger partial charge in [-0.15, -0.1) is 0 Å². The molecule has 3 rings (SSSR count). The molecule has 0 saturated carbocycles. The van der Waals surface area contributed by atoms with E-state index in [0.29, 0.717) is 36.9 Å². The van der Waals surface area contributed by atoms with E-state index < -0.39 is 0 Å². The van der Waals surface area contributed by atoms with Crippen molar-refractivity contribution in [2.45, 2.75) is 26.3 Å². The van der Waals surface area contributed by atoms with Gasteiger partial charge in [-0.3, -0.25) is 4.79 Å². The molecule has 0 saturated heterocycles. The van der Waals surface area contributed by atoms with Crippen LogP contribution in [0.15, 0.2) is 53.1 Å². The van der Waals surface area contributed by atoms with Crippen LogP contribution in [0.2, 0.25) is 0 Å². The van der Waals surface area contributed by atoms with E-state index >= 15 is 0 Å². The highest BCUT2D eigenvalue weighted by Gasteiger charge is 2.11. The molecular weight excluding hydrogens is 349 g/mol. The fourth-order valence-electron chi connectivity index (χ4n) is 2.52. The van der Waals surface area contributed by atoms with E-state index in [4.69, 9.17) is 9.26 Å². The number of ether oxygens (including phenoxy) is 1. The van der Waals surface area contributed by atoms with E-state index in [1.54, 1.807) is 12.1 Å². The smallest absolute Gasteiger partial charge is 0.227 e. The Labute approximate surface area is 156 Å². The number of carbonyl (C=O) groups excluding carboxylic acids is 1. The molecule has 2 aromatic carbocycles. The number of carbonyl (C=O) groups is 1. The molecule has 1 N–H and O–H groups in total. The van der Waals surface area contributed by atoms with E-state index in [2.05, 4.69) is 15.5 Å². The summed E-state index contributed by atoms with van der Waals surface area (Å²) >= 11 is 0. The zero-order chi connectivity index (χ0) is 19.1. The molecule has 0 aliphatic rings. The van der Waals surface area contributed by atoms with Crippen LogP contribution in [0.25, 0.3) is 11.4 Å². The normalized spacial score (nSPS) is 10.6. The van der Waals surface area contributed by atoms with Gasteiger partial charge in [0.05, 0.1) is 6.61 Å². The van der Waals surface area contributed by atoms with Crippen LogP contribution in [-0.4, -0.2) is 22.7 Å². The summed E-state index contributed by atoms with van der Waals surface area (Å²) in [5.41, 5.74) is 1.49. The Morgan fingerprint density at radius 2 is 2.07 bits per heavy atom. The van der Waals surface area contributed by atoms with Gasteiger partial charge in [0.15, 0.2) is 0 Å². The lowest BCUT2D eigenvalue weighted by molar-refractivity contribution is -0.121. The molecule has 6 nitrogen and oxygen atoms in total. The molecule has 27 heavy (non-hydrogen) atoms. The minimum absolute atomic E-state index is 0.123. The van der Waals surface area contributed by atoms with E-state index in [1.807, 2.05) is 31.2 Å². The number of benzene rings is 2. The molecular formula is C20H20FN3O3. The minimum atomic E-state index is -0.369. The molecule has 3 aromatic rings. The summed E-state index contributed by atoms with van der Waals surface area (Å²) in [7, 11) is 0. The van der Waals surface area contributed by atoms with Crippen LogP contribution in [0.5, 0.6) is 5.75 Å². The second-order valence-electron chi connectivity index (χ2n) is 5.88. The van der Waals surface area contributed by atoms with Crippen molar-refractivity contribution in [3.8, 4) is 17.1 Å². The Morgan fingerprint density at radius 1 is 1.22 bits per heavy atom. The average Bonchev–Trinajstić information content (AvgIpc) is 3.14. The molecule has 7 heteroatoms. The molecule has 1 heterocycles. The van der Waals surface area contributed by atoms with Gasteiger partial charge in [0.2, 0.25) is 17.6 Å². The van der Waals surface area contributed by atoms with Crippen molar-refractivity contribution in [3.05, 3.63) is 65.8 Å². The molecule has 1 aromatic heterocycles. The zero-order valence-electron chi connectivity index (χ0n) is 14.9. The largest absolute Gasteiger partial charge is 0.494 e. The maximum absolute atomic E-state index is 13.3. The number of hydrogen-bond donors (Lipinski definition) is 1. The lowest BCUT2D eigenvalue weighted by Crippen LogP contribution is -2.23. The lowest BCUT2D eigenvalue weighted by Gasteiger charge is -2.07. The van der Waals surface area contributed by atoms with Crippen molar-refractivity contribution < 1.29 is 18.4 Å². The topological polar surface area (TPSA) is 77.2 Å². The Hall–Kier alpha value is -3.22. The molecule has 1 amide bonds. The van der Waals surface area contributed by atoms with Gasteiger partial charge < -0.3 is 14.6 Å². The summed E-state index contributed by atoms with van der Waals surface area (Å²) in [4.78, 5) is 16.2. The first-order valence-electron chi connectivity index (χ1n) is 8.71. The summed E-state index contributed by atoms with van der Waals surface area (Å²) in [5.74, 6) is 0.925. The van der Waals surface area contributed by atoms with Crippen LogP contribution in [0.3, 0.4) is 0 Å². The Morgan fingerprint density at radius 3 is 2.89 bits per heavy atom. The molecule has 0 unspecified atom stereocenters. The van der Waals surface area contributed by atoms with Gasteiger partial charge in [-0.2, -0.15) is 4.98 Å². The highest BCUT2D eigenvalue weighted by molar-refractivity contribution is 5.76. The van der Waals surface area contributed by atoms with Gasteiger partial charge in [-0.25, -0.2) is 4.39 Å². The van der Waals surface area contributed by atoms with Gasteiger partial charge in [0.1, 0.15) is 11.6 Å². The Balaban J connectivity index is 1.49. The highest BCUT2D eigenvalue weighted by Crippen LogP contribution is 2.17. The summed E-state index contributed by atoms with van der Waals surface area (Å²) in [6.45, 7) is 2.93. The van der Waals surface area contributed by atoms with Gasteiger partial charge in [-0.05, 0) is 36.8 Å². The first kappa shape index (κ1) is 18.6. The summed E-state index contributed by atoms with van der Waals surface area (Å²) in [6, 6.07) is 13.5. The van der Waals surface area contributed by atoms with E-state index in [0.717, 1.165) is 11.3 Å². The standard InChI is InChI=1S/C20H20FN3O3/c1-2-26-17-8-3-5-14(11-17)13-22-18(25)9-10-19-23-20(24-27-19)15-6-4-7-16(21)12-15/h3-8,11-12H,2,9-10,13H2,1H3,(H,22,25). The first-order chi connectivity index (χ1) is 13.1. The van der Waals surface area contributed by atoms with E-state index in [-0.39, 0.29) is 18.1 Å². The molecule has 0 fully saturated rings. The lowest BCUT2D eigenvalue weighted by atomic mass is 10.2.